The average Bonchev–Trinajstić information content (AvgIpc) is 2.64. The number of para-hydroxylation sites is 3. The van der Waals surface area contributed by atoms with Gasteiger partial charge in [-0.3, -0.25) is 4.79 Å². The molecule has 0 fully saturated rings. The van der Waals surface area contributed by atoms with Gasteiger partial charge in [0.1, 0.15) is 18.5 Å². The molecule has 1 aliphatic rings. The summed E-state index contributed by atoms with van der Waals surface area (Å²) in [6.07, 6.45) is 3.00. The van der Waals surface area contributed by atoms with Crippen LogP contribution in [0.2, 0.25) is 0 Å². The first-order chi connectivity index (χ1) is 11.8. The lowest BCUT2D eigenvalue weighted by atomic mass is 10.2. The molecule has 0 saturated carbocycles. The normalized spacial score (nSPS) is 16.0. The number of fused-ring (bicyclic) bond motifs is 1. The fourth-order valence-electron chi connectivity index (χ4n) is 2.41. The van der Waals surface area contributed by atoms with E-state index >= 15 is 0 Å². The van der Waals surface area contributed by atoms with Crippen molar-refractivity contribution in [2.75, 3.05) is 20.3 Å². The van der Waals surface area contributed by atoms with E-state index in [9.17, 15) is 4.79 Å². The van der Waals surface area contributed by atoms with Crippen molar-refractivity contribution >= 4 is 12.0 Å². The maximum absolute atomic E-state index is 12.0. The van der Waals surface area contributed by atoms with Gasteiger partial charge < -0.3 is 19.5 Å². The second-order valence-corrected chi connectivity index (χ2v) is 5.32. The van der Waals surface area contributed by atoms with Crippen LogP contribution in [0.4, 0.5) is 0 Å². The number of ether oxygens (including phenoxy) is 3. The van der Waals surface area contributed by atoms with Gasteiger partial charge in [-0.1, -0.05) is 30.3 Å². The van der Waals surface area contributed by atoms with Crippen molar-refractivity contribution in [2.24, 2.45) is 0 Å². The van der Waals surface area contributed by atoms with Crippen molar-refractivity contribution in [2.45, 2.75) is 6.10 Å². The first kappa shape index (κ1) is 15.9. The second kappa shape index (κ2) is 7.55. The maximum atomic E-state index is 12.0. The summed E-state index contributed by atoms with van der Waals surface area (Å²) in [5, 5.41) is 2.82. The highest BCUT2D eigenvalue weighted by molar-refractivity contribution is 5.92. The van der Waals surface area contributed by atoms with Gasteiger partial charge in [0.25, 0.3) is 0 Å². The van der Waals surface area contributed by atoms with Gasteiger partial charge in [-0.15, -0.1) is 0 Å². The summed E-state index contributed by atoms with van der Waals surface area (Å²) in [5.74, 6) is 1.97. The molecule has 2 aromatic rings. The molecule has 3 rings (SSSR count). The third-order valence-corrected chi connectivity index (χ3v) is 3.62. The van der Waals surface area contributed by atoms with Gasteiger partial charge >= 0.3 is 0 Å². The SMILES string of the molecule is COc1ccccc1/C=C/C(=O)NC[C@H]1COc2ccccc2O1. The van der Waals surface area contributed by atoms with Crippen molar-refractivity contribution in [3.63, 3.8) is 0 Å². The molecule has 5 heteroatoms. The molecule has 1 aliphatic heterocycles. The van der Waals surface area contributed by atoms with Gasteiger partial charge in [0.2, 0.25) is 5.91 Å². The Morgan fingerprint density at radius 2 is 1.96 bits per heavy atom. The van der Waals surface area contributed by atoms with E-state index in [4.69, 9.17) is 14.2 Å². The first-order valence-electron chi connectivity index (χ1n) is 7.73. The molecule has 0 aromatic heterocycles. The fraction of sp³-hybridized carbons (Fsp3) is 0.211. The molecule has 1 N–H and O–H groups in total. The fourth-order valence-corrected chi connectivity index (χ4v) is 2.41. The van der Waals surface area contributed by atoms with E-state index in [-0.39, 0.29) is 12.0 Å². The van der Waals surface area contributed by atoms with Crippen LogP contribution in [0.25, 0.3) is 6.08 Å². The monoisotopic (exact) mass is 325 g/mol. The zero-order chi connectivity index (χ0) is 16.8. The molecule has 24 heavy (non-hydrogen) atoms. The Hall–Kier alpha value is -2.95. The Morgan fingerprint density at radius 1 is 1.21 bits per heavy atom. The summed E-state index contributed by atoms with van der Waals surface area (Å²) >= 11 is 0. The smallest absolute Gasteiger partial charge is 0.244 e. The van der Waals surface area contributed by atoms with Crippen LogP contribution in [-0.4, -0.2) is 32.3 Å². The predicted molar refractivity (Wildman–Crippen MR) is 91.4 cm³/mol. The Kier molecular flexibility index (Phi) is 5.01. The molecule has 1 amide bonds. The van der Waals surface area contributed by atoms with E-state index in [2.05, 4.69) is 5.32 Å². The number of methoxy groups -OCH3 is 1. The highest BCUT2D eigenvalue weighted by Gasteiger charge is 2.20. The topological polar surface area (TPSA) is 56.8 Å². The van der Waals surface area contributed by atoms with E-state index in [0.717, 1.165) is 17.1 Å². The van der Waals surface area contributed by atoms with Gasteiger partial charge in [0, 0.05) is 11.6 Å². The van der Waals surface area contributed by atoms with Gasteiger partial charge in [-0.25, -0.2) is 0 Å². The van der Waals surface area contributed by atoms with E-state index in [1.165, 1.54) is 6.08 Å². The van der Waals surface area contributed by atoms with Crippen LogP contribution in [0.5, 0.6) is 17.2 Å². The summed E-state index contributed by atoms with van der Waals surface area (Å²) in [5.41, 5.74) is 0.848. The standard InChI is InChI=1S/C19H19NO4/c1-22-16-7-3-2-6-14(16)10-11-19(21)20-12-15-13-23-17-8-4-5-9-18(17)24-15/h2-11,15H,12-13H2,1H3,(H,20,21)/b11-10+/t15-/m0/s1. The lowest BCUT2D eigenvalue weighted by molar-refractivity contribution is -0.116. The van der Waals surface area contributed by atoms with Gasteiger partial charge in [0.15, 0.2) is 11.5 Å². The quantitative estimate of drug-likeness (QED) is 0.859. The Balaban J connectivity index is 1.52. The third-order valence-electron chi connectivity index (χ3n) is 3.62. The molecule has 5 nitrogen and oxygen atoms in total. The first-order valence-corrected chi connectivity index (χ1v) is 7.73. The average molecular weight is 325 g/mol. The minimum Gasteiger partial charge on any atom is -0.496 e. The van der Waals surface area contributed by atoms with Crippen LogP contribution in [-0.2, 0) is 4.79 Å². The van der Waals surface area contributed by atoms with Crippen molar-refractivity contribution < 1.29 is 19.0 Å². The molecular weight excluding hydrogens is 306 g/mol. The molecule has 124 valence electrons. The molecule has 1 heterocycles. The molecule has 0 saturated heterocycles. The van der Waals surface area contributed by atoms with Gasteiger partial charge in [-0.2, -0.15) is 0 Å². The molecule has 0 bridgehead atoms. The van der Waals surface area contributed by atoms with Crippen molar-refractivity contribution in [1.82, 2.24) is 5.32 Å². The summed E-state index contributed by atoms with van der Waals surface area (Å²) in [7, 11) is 1.60. The molecule has 0 spiro atoms. The second-order valence-electron chi connectivity index (χ2n) is 5.32. The maximum Gasteiger partial charge on any atom is 0.244 e. The molecule has 1 atom stereocenters. The van der Waals surface area contributed by atoms with Crippen LogP contribution in [0.15, 0.2) is 54.6 Å². The minimum atomic E-state index is -0.205. The van der Waals surface area contributed by atoms with Gasteiger partial charge in [-0.05, 0) is 24.3 Å². The van der Waals surface area contributed by atoms with Crippen molar-refractivity contribution in [1.29, 1.82) is 0 Å². The zero-order valence-corrected chi connectivity index (χ0v) is 13.4. The van der Waals surface area contributed by atoms with Crippen molar-refractivity contribution in [3.8, 4) is 17.2 Å². The third kappa shape index (κ3) is 3.87. The van der Waals surface area contributed by atoms with Crippen LogP contribution < -0.4 is 19.5 Å². The van der Waals surface area contributed by atoms with Crippen LogP contribution in [0.1, 0.15) is 5.56 Å². The molecule has 0 unspecified atom stereocenters. The predicted octanol–water partition coefficient (Wildman–Crippen LogP) is 2.66. The number of hydrogen-bond donors (Lipinski definition) is 1. The van der Waals surface area contributed by atoms with E-state index < -0.39 is 0 Å². The number of nitrogens with one attached hydrogen (secondary N) is 1. The number of rotatable bonds is 5. The minimum absolute atomic E-state index is 0.191. The van der Waals surface area contributed by atoms with Crippen LogP contribution in [0, 0.1) is 0 Å². The molecular formula is C19H19NO4. The summed E-state index contributed by atoms with van der Waals surface area (Å²) in [6.45, 7) is 0.789. The van der Waals surface area contributed by atoms with E-state index in [1.807, 2.05) is 48.5 Å². The number of carbonyl (C=O) groups excluding carboxylic acids is 1. The zero-order valence-electron chi connectivity index (χ0n) is 13.4. The largest absolute Gasteiger partial charge is 0.496 e. The molecule has 2 aromatic carbocycles. The van der Waals surface area contributed by atoms with Crippen LogP contribution in [0.3, 0.4) is 0 Å². The van der Waals surface area contributed by atoms with Gasteiger partial charge in [0.05, 0.1) is 13.7 Å². The summed E-state index contributed by atoms with van der Waals surface area (Å²) in [6, 6.07) is 15.0. The van der Waals surface area contributed by atoms with E-state index in [0.29, 0.717) is 18.9 Å². The number of benzene rings is 2. The summed E-state index contributed by atoms with van der Waals surface area (Å²) in [4.78, 5) is 12.0. The van der Waals surface area contributed by atoms with Crippen molar-refractivity contribution in [3.05, 3.63) is 60.2 Å². The lowest BCUT2D eigenvalue weighted by Gasteiger charge is -2.26. The number of hydrogen-bond acceptors (Lipinski definition) is 4. The highest BCUT2D eigenvalue weighted by Crippen LogP contribution is 2.30. The van der Waals surface area contributed by atoms with E-state index in [1.54, 1.807) is 13.2 Å². The van der Waals surface area contributed by atoms with Crippen LogP contribution >= 0.6 is 0 Å². The Labute approximate surface area is 140 Å². The molecule has 0 radical (unpaired) electrons. The number of carbonyl (C=O) groups is 1. The Morgan fingerprint density at radius 3 is 2.79 bits per heavy atom. The Bertz CT molecular complexity index is 742. The molecule has 0 aliphatic carbocycles. The lowest BCUT2D eigenvalue weighted by Crippen LogP contribution is -2.40. The highest BCUT2D eigenvalue weighted by atomic mass is 16.6. The summed E-state index contributed by atoms with van der Waals surface area (Å²) < 4.78 is 16.7. The number of amides is 1.